The molecule has 2 N–H and O–H groups in total. The Hall–Kier alpha value is -2.38. The average molecular weight is 512 g/mol. The molecule has 3 heterocycles. The van der Waals surface area contributed by atoms with Crippen molar-refractivity contribution in [2.24, 2.45) is 11.8 Å². The summed E-state index contributed by atoms with van der Waals surface area (Å²) in [6.07, 6.45) is 13.6. The molecular formula is C28H34ClN3O4. The van der Waals surface area contributed by atoms with Gasteiger partial charge in [-0.05, 0) is 49.9 Å². The van der Waals surface area contributed by atoms with Gasteiger partial charge in [0.1, 0.15) is 11.6 Å². The molecule has 0 radical (unpaired) electrons. The van der Waals surface area contributed by atoms with Crippen molar-refractivity contribution in [1.29, 1.82) is 0 Å². The molecule has 1 aromatic carbocycles. The maximum atomic E-state index is 14.1. The molecule has 5 atom stereocenters. The van der Waals surface area contributed by atoms with Crippen molar-refractivity contribution >= 4 is 35.0 Å². The molecule has 2 aliphatic carbocycles. The second-order valence-electron chi connectivity index (χ2n) is 11.1. The van der Waals surface area contributed by atoms with Gasteiger partial charge in [0, 0.05) is 22.8 Å². The molecule has 1 spiro atoms. The number of halogens is 1. The number of fused-ring (bicyclic) bond motifs is 1. The molecule has 7 nitrogen and oxygen atoms in total. The lowest BCUT2D eigenvalue weighted by atomic mass is 9.74. The maximum absolute atomic E-state index is 14.1. The van der Waals surface area contributed by atoms with Crippen LogP contribution in [0.5, 0.6) is 0 Å². The van der Waals surface area contributed by atoms with Crippen molar-refractivity contribution in [1.82, 2.24) is 10.2 Å². The zero-order valence-corrected chi connectivity index (χ0v) is 21.2. The van der Waals surface area contributed by atoms with Gasteiger partial charge in [0.25, 0.3) is 0 Å². The number of benzene rings is 1. The molecule has 2 bridgehead atoms. The van der Waals surface area contributed by atoms with Crippen LogP contribution in [-0.2, 0) is 19.1 Å². The van der Waals surface area contributed by atoms with E-state index in [9.17, 15) is 14.4 Å². The van der Waals surface area contributed by atoms with Crippen molar-refractivity contribution in [3.05, 3.63) is 41.4 Å². The number of carbonyl (C=O) groups excluding carboxylic acids is 3. The number of hydrogen-bond acceptors (Lipinski definition) is 4. The van der Waals surface area contributed by atoms with Gasteiger partial charge in [-0.15, -0.1) is 0 Å². The van der Waals surface area contributed by atoms with Crippen molar-refractivity contribution in [3.63, 3.8) is 0 Å². The second-order valence-corrected chi connectivity index (χ2v) is 11.5. The van der Waals surface area contributed by atoms with Crippen LogP contribution in [0.25, 0.3) is 0 Å². The third-order valence-corrected chi connectivity index (χ3v) is 9.15. The fraction of sp³-hybridized carbons (Fsp3) is 0.607. The van der Waals surface area contributed by atoms with E-state index in [1.807, 2.05) is 17.1 Å². The van der Waals surface area contributed by atoms with Crippen LogP contribution in [-0.4, -0.2) is 52.5 Å². The van der Waals surface area contributed by atoms with Crippen molar-refractivity contribution in [2.75, 3.05) is 5.32 Å². The second kappa shape index (κ2) is 9.49. The molecule has 2 saturated carbocycles. The number of hydrogen-bond donors (Lipinski definition) is 2. The third kappa shape index (κ3) is 3.95. The Morgan fingerprint density at radius 3 is 2.31 bits per heavy atom. The van der Waals surface area contributed by atoms with Crippen LogP contribution < -0.4 is 10.6 Å². The summed E-state index contributed by atoms with van der Waals surface area (Å²) in [6, 6.07) is 6.31. The highest BCUT2D eigenvalue weighted by Gasteiger charge is 2.73. The molecule has 2 saturated heterocycles. The van der Waals surface area contributed by atoms with Gasteiger partial charge in [-0.2, -0.15) is 0 Å². The lowest BCUT2D eigenvalue weighted by Gasteiger charge is -2.39. The van der Waals surface area contributed by atoms with Crippen LogP contribution in [0.4, 0.5) is 5.69 Å². The number of anilines is 1. The third-order valence-electron chi connectivity index (χ3n) is 8.89. The molecule has 0 unspecified atom stereocenters. The van der Waals surface area contributed by atoms with Crippen LogP contribution >= 0.6 is 11.6 Å². The first-order valence-corrected chi connectivity index (χ1v) is 13.9. The van der Waals surface area contributed by atoms with Gasteiger partial charge in [-0.25, -0.2) is 0 Å². The summed E-state index contributed by atoms with van der Waals surface area (Å²) < 4.78 is 6.47. The Morgan fingerprint density at radius 2 is 1.61 bits per heavy atom. The van der Waals surface area contributed by atoms with Gasteiger partial charge in [0.05, 0.1) is 17.9 Å². The number of rotatable bonds is 5. The predicted octanol–water partition coefficient (Wildman–Crippen LogP) is 4.21. The molecule has 192 valence electrons. The Balaban J connectivity index is 1.31. The number of likely N-dealkylation sites (tertiary alicyclic amines) is 1. The van der Waals surface area contributed by atoms with Crippen molar-refractivity contribution < 1.29 is 19.1 Å². The van der Waals surface area contributed by atoms with Crippen LogP contribution in [0.3, 0.4) is 0 Å². The van der Waals surface area contributed by atoms with Crippen molar-refractivity contribution in [3.8, 4) is 0 Å². The number of nitrogens with zero attached hydrogens (tertiary/aromatic N) is 1. The molecule has 8 heteroatoms. The van der Waals surface area contributed by atoms with E-state index in [2.05, 4.69) is 10.6 Å². The fourth-order valence-electron chi connectivity index (χ4n) is 7.24. The standard InChI is InChI=1S/C28H34ClN3O4/c29-17-11-13-19(14-12-17)30-25(33)22-21-15-16-28(36-21)23(22)27(35)32(20-9-5-2-6-10-20)24(28)26(34)31-18-7-3-1-4-8-18/h11-16,18,20-24H,1-10H2,(H,30,33)(H,31,34)/t21-,22+,23-,24+,28-/m1/s1. The van der Waals surface area contributed by atoms with Crippen molar-refractivity contribution in [2.45, 2.75) is 94.0 Å². The Labute approximate surface area is 217 Å². The Kier molecular flexibility index (Phi) is 6.32. The molecule has 4 fully saturated rings. The van der Waals surface area contributed by atoms with E-state index < -0.39 is 29.6 Å². The summed E-state index contributed by atoms with van der Waals surface area (Å²) in [7, 11) is 0. The molecule has 3 aliphatic heterocycles. The number of nitrogens with one attached hydrogen (secondary N) is 2. The molecule has 6 rings (SSSR count). The first-order valence-electron chi connectivity index (χ1n) is 13.5. The number of carbonyl (C=O) groups is 3. The predicted molar refractivity (Wildman–Crippen MR) is 136 cm³/mol. The van der Waals surface area contributed by atoms with E-state index in [1.54, 1.807) is 24.3 Å². The van der Waals surface area contributed by atoms with Gasteiger partial charge in [0.15, 0.2) is 0 Å². The maximum Gasteiger partial charge on any atom is 0.246 e. The van der Waals surface area contributed by atoms with E-state index in [0.717, 1.165) is 57.8 Å². The Morgan fingerprint density at radius 1 is 0.944 bits per heavy atom. The van der Waals surface area contributed by atoms with Crippen LogP contribution in [0.1, 0.15) is 64.2 Å². The summed E-state index contributed by atoms with van der Waals surface area (Å²) in [5.41, 5.74) is -0.480. The Bertz CT molecular complexity index is 1060. The zero-order valence-electron chi connectivity index (χ0n) is 20.5. The highest BCUT2D eigenvalue weighted by Crippen LogP contribution is 2.56. The summed E-state index contributed by atoms with van der Waals surface area (Å²) in [5, 5.41) is 6.80. The first-order chi connectivity index (χ1) is 17.5. The molecule has 3 amide bonds. The quantitative estimate of drug-likeness (QED) is 0.580. The summed E-state index contributed by atoms with van der Waals surface area (Å²) >= 11 is 5.99. The molecule has 1 aromatic rings. The largest absolute Gasteiger partial charge is 0.359 e. The number of amides is 3. The van der Waals surface area contributed by atoms with Crippen LogP contribution in [0.15, 0.2) is 36.4 Å². The smallest absolute Gasteiger partial charge is 0.246 e. The minimum atomic E-state index is -1.10. The van der Waals surface area contributed by atoms with Crippen LogP contribution in [0.2, 0.25) is 5.02 Å². The summed E-state index contributed by atoms with van der Waals surface area (Å²) in [4.78, 5) is 43.4. The first kappa shape index (κ1) is 24.0. The minimum Gasteiger partial charge on any atom is -0.359 e. The topological polar surface area (TPSA) is 87.7 Å². The van der Waals surface area contributed by atoms with E-state index in [-0.39, 0.29) is 29.8 Å². The highest BCUT2D eigenvalue weighted by atomic mass is 35.5. The molecule has 0 aromatic heterocycles. The zero-order chi connectivity index (χ0) is 24.9. The fourth-order valence-corrected chi connectivity index (χ4v) is 7.37. The normalized spacial score (nSPS) is 34.1. The lowest BCUT2D eigenvalue weighted by Crippen LogP contribution is -2.58. The van der Waals surface area contributed by atoms with Gasteiger partial charge in [0.2, 0.25) is 17.7 Å². The van der Waals surface area contributed by atoms with Gasteiger partial charge in [-0.1, -0.05) is 62.3 Å². The van der Waals surface area contributed by atoms with E-state index >= 15 is 0 Å². The lowest BCUT2D eigenvalue weighted by molar-refractivity contribution is -0.144. The molecule has 5 aliphatic rings. The monoisotopic (exact) mass is 511 g/mol. The van der Waals surface area contributed by atoms with E-state index in [0.29, 0.717) is 10.7 Å². The van der Waals surface area contributed by atoms with Gasteiger partial charge in [-0.3, -0.25) is 14.4 Å². The van der Waals surface area contributed by atoms with Crippen LogP contribution in [0, 0.1) is 11.8 Å². The van der Waals surface area contributed by atoms with Gasteiger partial charge >= 0.3 is 0 Å². The highest BCUT2D eigenvalue weighted by molar-refractivity contribution is 6.30. The van der Waals surface area contributed by atoms with E-state index in [1.165, 1.54) is 6.42 Å². The number of ether oxygens (including phenoxy) is 1. The summed E-state index contributed by atoms with van der Waals surface area (Å²) in [5.74, 6) is -1.90. The van der Waals surface area contributed by atoms with E-state index in [4.69, 9.17) is 16.3 Å². The summed E-state index contributed by atoms with van der Waals surface area (Å²) in [6.45, 7) is 0. The molecular weight excluding hydrogens is 478 g/mol. The average Bonchev–Trinajstić information content (AvgIpc) is 3.54. The van der Waals surface area contributed by atoms with Gasteiger partial charge < -0.3 is 20.3 Å². The SMILES string of the molecule is O=C(Nc1ccc(Cl)cc1)[C@H]1[C@H]2C=C[C@]3(O2)[C@H](C(=O)NC2CCCCC2)N(C2CCCCC2)C(=O)[C@@H]13. The minimum absolute atomic E-state index is 0.00403. The molecule has 36 heavy (non-hydrogen) atoms.